The van der Waals surface area contributed by atoms with Crippen LogP contribution in [0.4, 0.5) is 5.69 Å². The molecule has 2 aromatic rings. The number of rotatable bonds is 5. The fourth-order valence-electron chi connectivity index (χ4n) is 1.71. The van der Waals surface area contributed by atoms with Crippen molar-refractivity contribution in [2.45, 2.75) is 13.2 Å². The lowest BCUT2D eigenvalue weighted by Crippen LogP contribution is -2.00. The van der Waals surface area contributed by atoms with Crippen LogP contribution in [0.15, 0.2) is 42.5 Å². The standard InChI is InChI=1S/C14H12ClNO4/c15-12-3-1-2-11(6-12)9-20-14-7-10(8-17)4-5-13(14)16(18)19/h1-7,17H,8-9H2. The summed E-state index contributed by atoms with van der Waals surface area (Å²) in [5, 5.41) is 20.6. The molecule has 104 valence electrons. The molecule has 1 N–H and O–H groups in total. The molecule has 2 aromatic carbocycles. The first-order chi connectivity index (χ1) is 9.60. The average molecular weight is 294 g/mol. The van der Waals surface area contributed by atoms with Crippen molar-refractivity contribution in [2.75, 3.05) is 0 Å². The van der Waals surface area contributed by atoms with Crippen LogP contribution in [0.5, 0.6) is 5.75 Å². The van der Waals surface area contributed by atoms with E-state index < -0.39 is 4.92 Å². The Morgan fingerprint density at radius 2 is 2.00 bits per heavy atom. The Bertz CT molecular complexity index is 630. The molecule has 0 bridgehead atoms. The maximum Gasteiger partial charge on any atom is 0.310 e. The molecule has 0 saturated heterocycles. The van der Waals surface area contributed by atoms with E-state index in [0.29, 0.717) is 10.6 Å². The number of hydrogen-bond donors (Lipinski definition) is 1. The second kappa shape index (κ2) is 6.36. The van der Waals surface area contributed by atoms with Crippen LogP contribution in [0.3, 0.4) is 0 Å². The number of nitro benzene ring substituents is 1. The van der Waals surface area contributed by atoms with Crippen LogP contribution in [0.2, 0.25) is 5.02 Å². The summed E-state index contributed by atoms with van der Waals surface area (Å²) < 4.78 is 5.47. The zero-order valence-electron chi connectivity index (χ0n) is 10.5. The van der Waals surface area contributed by atoms with Crippen molar-refractivity contribution in [3.05, 3.63) is 68.7 Å². The highest BCUT2D eigenvalue weighted by Crippen LogP contribution is 2.29. The molecule has 0 atom stereocenters. The van der Waals surface area contributed by atoms with Crippen molar-refractivity contribution in [3.63, 3.8) is 0 Å². The quantitative estimate of drug-likeness (QED) is 0.678. The summed E-state index contributed by atoms with van der Waals surface area (Å²) in [4.78, 5) is 10.4. The Balaban J connectivity index is 2.21. The van der Waals surface area contributed by atoms with Gasteiger partial charge in [0.05, 0.1) is 11.5 Å². The van der Waals surface area contributed by atoms with Crippen LogP contribution in [0.1, 0.15) is 11.1 Å². The molecular weight excluding hydrogens is 282 g/mol. The minimum Gasteiger partial charge on any atom is -0.482 e. The normalized spacial score (nSPS) is 10.3. The Morgan fingerprint density at radius 3 is 2.65 bits per heavy atom. The van der Waals surface area contributed by atoms with Gasteiger partial charge in [-0.2, -0.15) is 0 Å². The highest BCUT2D eigenvalue weighted by molar-refractivity contribution is 6.30. The number of benzene rings is 2. The molecule has 0 aliphatic heterocycles. The molecule has 0 saturated carbocycles. The molecule has 0 amide bonds. The lowest BCUT2D eigenvalue weighted by molar-refractivity contribution is -0.386. The van der Waals surface area contributed by atoms with Crippen LogP contribution < -0.4 is 4.74 Å². The van der Waals surface area contributed by atoms with E-state index in [1.54, 1.807) is 18.2 Å². The predicted molar refractivity (Wildman–Crippen MR) is 74.8 cm³/mol. The smallest absolute Gasteiger partial charge is 0.310 e. The van der Waals surface area contributed by atoms with E-state index in [-0.39, 0.29) is 24.7 Å². The lowest BCUT2D eigenvalue weighted by Gasteiger charge is -2.08. The monoisotopic (exact) mass is 293 g/mol. The SMILES string of the molecule is O=[N+]([O-])c1ccc(CO)cc1OCc1cccc(Cl)c1. The Morgan fingerprint density at radius 1 is 1.20 bits per heavy atom. The molecule has 0 spiro atoms. The molecule has 0 aromatic heterocycles. The van der Waals surface area contributed by atoms with Gasteiger partial charge in [-0.1, -0.05) is 23.7 Å². The number of hydrogen-bond acceptors (Lipinski definition) is 4. The van der Waals surface area contributed by atoms with Gasteiger partial charge >= 0.3 is 5.69 Å². The number of nitrogens with zero attached hydrogens (tertiary/aromatic N) is 1. The van der Waals surface area contributed by atoms with Gasteiger partial charge in [0, 0.05) is 11.1 Å². The third-order valence-corrected chi connectivity index (χ3v) is 2.92. The van der Waals surface area contributed by atoms with Crippen LogP contribution in [-0.4, -0.2) is 10.0 Å². The van der Waals surface area contributed by atoms with E-state index in [9.17, 15) is 10.1 Å². The zero-order chi connectivity index (χ0) is 14.5. The maximum absolute atomic E-state index is 10.9. The lowest BCUT2D eigenvalue weighted by atomic mass is 10.2. The molecular formula is C14H12ClNO4. The minimum absolute atomic E-state index is 0.126. The number of ether oxygens (including phenoxy) is 1. The van der Waals surface area contributed by atoms with Crippen LogP contribution >= 0.6 is 11.6 Å². The Kier molecular flexibility index (Phi) is 4.55. The van der Waals surface area contributed by atoms with Gasteiger partial charge < -0.3 is 9.84 Å². The molecule has 6 heteroatoms. The predicted octanol–water partition coefficient (Wildman–Crippen LogP) is 3.32. The first-order valence-electron chi connectivity index (χ1n) is 5.85. The van der Waals surface area contributed by atoms with Crippen LogP contribution in [-0.2, 0) is 13.2 Å². The Labute approximate surface area is 120 Å². The summed E-state index contributed by atoms with van der Waals surface area (Å²) in [6.45, 7) is -0.0399. The van der Waals surface area contributed by atoms with Gasteiger partial charge in [-0.15, -0.1) is 0 Å². The summed E-state index contributed by atoms with van der Waals surface area (Å²) in [6, 6.07) is 11.3. The van der Waals surface area contributed by atoms with E-state index in [1.807, 2.05) is 6.07 Å². The van der Waals surface area contributed by atoms with Crippen molar-refractivity contribution < 1.29 is 14.8 Å². The fourth-order valence-corrected chi connectivity index (χ4v) is 1.92. The topological polar surface area (TPSA) is 72.6 Å². The highest BCUT2D eigenvalue weighted by atomic mass is 35.5. The second-order valence-electron chi connectivity index (χ2n) is 4.14. The van der Waals surface area contributed by atoms with E-state index >= 15 is 0 Å². The average Bonchev–Trinajstić information content (AvgIpc) is 2.44. The Hall–Kier alpha value is -2.11. The third kappa shape index (κ3) is 3.46. The van der Waals surface area contributed by atoms with Gasteiger partial charge in [-0.05, 0) is 35.4 Å². The summed E-state index contributed by atoms with van der Waals surface area (Å²) in [7, 11) is 0. The van der Waals surface area contributed by atoms with Gasteiger partial charge in [0.15, 0.2) is 5.75 Å². The van der Waals surface area contributed by atoms with Crippen molar-refractivity contribution in [2.24, 2.45) is 0 Å². The van der Waals surface area contributed by atoms with E-state index in [1.165, 1.54) is 18.2 Å². The first kappa shape index (κ1) is 14.3. The van der Waals surface area contributed by atoms with Crippen molar-refractivity contribution in [1.29, 1.82) is 0 Å². The number of aliphatic hydroxyl groups excluding tert-OH is 1. The summed E-state index contributed by atoms with van der Waals surface area (Å²) >= 11 is 5.86. The number of halogens is 1. The first-order valence-corrected chi connectivity index (χ1v) is 6.23. The second-order valence-corrected chi connectivity index (χ2v) is 4.57. The van der Waals surface area contributed by atoms with Gasteiger partial charge in [0.1, 0.15) is 6.61 Å². The van der Waals surface area contributed by atoms with Gasteiger partial charge in [0.2, 0.25) is 0 Å². The molecule has 0 heterocycles. The molecule has 0 fully saturated rings. The number of aliphatic hydroxyl groups is 1. The molecule has 0 aliphatic rings. The van der Waals surface area contributed by atoms with Crippen molar-refractivity contribution >= 4 is 17.3 Å². The van der Waals surface area contributed by atoms with Gasteiger partial charge in [-0.3, -0.25) is 10.1 Å². The van der Waals surface area contributed by atoms with E-state index in [2.05, 4.69) is 0 Å². The molecule has 20 heavy (non-hydrogen) atoms. The van der Waals surface area contributed by atoms with Gasteiger partial charge in [-0.25, -0.2) is 0 Å². The summed E-state index contributed by atoms with van der Waals surface area (Å²) in [5.41, 5.74) is 1.22. The summed E-state index contributed by atoms with van der Waals surface area (Å²) in [5.74, 6) is 0.126. The van der Waals surface area contributed by atoms with E-state index in [4.69, 9.17) is 21.4 Å². The van der Waals surface area contributed by atoms with Crippen LogP contribution in [0.25, 0.3) is 0 Å². The molecule has 0 aliphatic carbocycles. The molecule has 0 unspecified atom stereocenters. The van der Waals surface area contributed by atoms with Gasteiger partial charge in [0.25, 0.3) is 0 Å². The van der Waals surface area contributed by atoms with E-state index in [0.717, 1.165) is 5.56 Å². The van der Waals surface area contributed by atoms with Crippen LogP contribution in [0, 0.1) is 10.1 Å². The third-order valence-electron chi connectivity index (χ3n) is 2.69. The maximum atomic E-state index is 10.9. The zero-order valence-corrected chi connectivity index (χ0v) is 11.2. The van der Waals surface area contributed by atoms with Crippen molar-refractivity contribution in [1.82, 2.24) is 0 Å². The minimum atomic E-state index is -0.519. The highest BCUT2D eigenvalue weighted by Gasteiger charge is 2.15. The van der Waals surface area contributed by atoms with Crippen molar-refractivity contribution in [3.8, 4) is 5.75 Å². The molecule has 2 rings (SSSR count). The largest absolute Gasteiger partial charge is 0.482 e. The molecule has 5 nitrogen and oxygen atoms in total. The molecule has 0 radical (unpaired) electrons. The number of nitro groups is 1. The summed E-state index contributed by atoms with van der Waals surface area (Å²) in [6.07, 6.45) is 0. The fraction of sp³-hybridized carbons (Fsp3) is 0.143.